The maximum atomic E-state index is 12.5. The fraction of sp³-hybridized carbons (Fsp3) is 0.643. The summed E-state index contributed by atoms with van der Waals surface area (Å²) in [6.07, 6.45) is 1.99. The number of amides is 1. The Morgan fingerprint density at radius 2 is 2.16 bits per heavy atom. The number of hydrogen-bond acceptors (Lipinski definition) is 3. The number of nitrogens with one attached hydrogen (secondary N) is 1. The minimum absolute atomic E-state index is 0.0453. The third-order valence-electron chi connectivity index (χ3n) is 3.99. The maximum absolute atomic E-state index is 12.5. The molecule has 2 rings (SSSR count). The minimum Gasteiger partial charge on any atom is -0.336 e. The Bertz CT molecular complexity index is 542. The van der Waals surface area contributed by atoms with Crippen molar-refractivity contribution in [3.8, 4) is 0 Å². The van der Waals surface area contributed by atoms with Crippen molar-refractivity contribution in [1.82, 2.24) is 14.9 Å². The summed E-state index contributed by atoms with van der Waals surface area (Å²) in [6.45, 7) is 9.20. The summed E-state index contributed by atoms with van der Waals surface area (Å²) in [5.41, 5.74) is 1.30. The van der Waals surface area contributed by atoms with E-state index in [1.54, 1.807) is 0 Å². The van der Waals surface area contributed by atoms with Crippen molar-refractivity contribution in [2.45, 2.75) is 40.7 Å². The maximum Gasteiger partial charge on any atom is 0.254 e. The van der Waals surface area contributed by atoms with E-state index in [4.69, 9.17) is 0 Å². The molecule has 2 heterocycles. The molecule has 1 N–H and O–H groups in total. The number of fused-ring (bicyclic) bond motifs is 1. The molecule has 1 aromatic rings. The highest BCUT2D eigenvalue weighted by Gasteiger charge is 2.32. The number of rotatable bonds is 1. The monoisotopic (exact) mass is 263 g/mol. The molecule has 0 unspecified atom stereocenters. The van der Waals surface area contributed by atoms with Crippen molar-refractivity contribution >= 4 is 5.91 Å². The Morgan fingerprint density at radius 3 is 2.79 bits per heavy atom. The van der Waals surface area contributed by atoms with E-state index in [1.165, 1.54) is 6.33 Å². The van der Waals surface area contributed by atoms with Crippen LogP contribution in [0, 0.1) is 11.3 Å². The molecule has 0 aromatic carbocycles. The van der Waals surface area contributed by atoms with Crippen molar-refractivity contribution in [2.75, 3.05) is 6.54 Å². The van der Waals surface area contributed by atoms with Crippen LogP contribution >= 0.6 is 0 Å². The van der Waals surface area contributed by atoms with E-state index >= 15 is 0 Å². The number of aromatic amines is 1. The second-order valence-corrected chi connectivity index (χ2v) is 6.25. The van der Waals surface area contributed by atoms with Crippen molar-refractivity contribution in [3.63, 3.8) is 0 Å². The number of carbonyl (C=O) groups excluding carboxylic acids is 1. The Balaban J connectivity index is 2.19. The molecule has 0 spiro atoms. The van der Waals surface area contributed by atoms with Crippen LogP contribution < -0.4 is 5.56 Å². The van der Waals surface area contributed by atoms with Gasteiger partial charge in [0.2, 0.25) is 5.91 Å². The minimum atomic E-state index is -0.0824. The molecule has 1 atom stereocenters. The second-order valence-electron chi connectivity index (χ2n) is 6.25. The van der Waals surface area contributed by atoms with Crippen molar-refractivity contribution < 1.29 is 4.79 Å². The lowest BCUT2D eigenvalue weighted by Gasteiger charge is -2.34. The molecule has 0 saturated carbocycles. The first kappa shape index (κ1) is 13.8. The van der Waals surface area contributed by atoms with Crippen molar-refractivity contribution in [2.24, 2.45) is 11.3 Å². The van der Waals surface area contributed by atoms with Crippen molar-refractivity contribution in [3.05, 3.63) is 27.9 Å². The molecule has 0 aliphatic carbocycles. The summed E-state index contributed by atoms with van der Waals surface area (Å²) >= 11 is 0. The Kier molecular flexibility index (Phi) is 3.47. The summed E-state index contributed by atoms with van der Waals surface area (Å²) in [6, 6.07) is 0. The van der Waals surface area contributed by atoms with Gasteiger partial charge in [0, 0.05) is 18.0 Å². The van der Waals surface area contributed by atoms with Crippen LogP contribution in [0.3, 0.4) is 0 Å². The van der Waals surface area contributed by atoms with Crippen LogP contribution in [-0.2, 0) is 17.8 Å². The van der Waals surface area contributed by atoms with Crippen LogP contribution in [-0.4, -0.2) is 27.3 Å². The van der Waals surface area contributed by atoms with Gasteiger partial charge in [-0.3, -0.25) is 9.59 Å². The van der Waals surface area contributed by atoms with E-state index in [2.05, 4.69) is 30.7 Å². The van der Waals surface area contributed by atoms with Crippen LogP contribution in [0.4, 0.5) is 0 Å². The fourth-order valence-electron chi connectivity index (χ4n) is 2.20. The van der Waals surface area contributed by atoms with Gasteiger partial charge in [0.05, 0.1) is 18.6 Å². The number of nitrogens with zero attached hydrogens (tertiary/aromatic N) is 2. The molecular weight excluding hydrogens is 242 g/mol. The van der Waals surface area contributed by atoms with Gasteiger partial charge in [0.1, 0.15) is 0 Å². The second kappa shape index (κ2) is 4.79. The van der Waals surface area contributed by atoms with E-state index in [1.807, 2.05) is 11.8 Å². The molecule has 19 heavy (non-hydrogen) atoms. The van der Waals surface area contributed by atoms with Gasteiger partial charge in [-0.15, -0.1) is 0 Å². The van der Waals surface area contributed by atoms with Crippen LogP contribution in [0.1, 0.15) is 39.0 Å². The standard InChI is InChI=1S/C14H21N3O2/c1-9(14(2,3)4)13(19)17-6-5-10-11(7-17)15-8-16-12(10)18/h8-9H,5-7H2,1-4H3,(H,15,16,18)/t9-/m1/s1. The first-order valence-electron chi connectivity index (χ1n) is 6.65. The summed E-state index contributed by atoms with van der Waals surface area (Å²) < 4.78 is 0. The van der Waals surface area contributed by atoms with Gasteiger partial charge in [0.25, 0.3) is 5.56 Å². The molecule has 104 valence electrons. The fourth-order valence-corrected chi connectivity index (χ4v) is 2.20. The summed E-state index contributed by atoms with van der Waals surface area (Å²) in [5.74, 6) is 0.0938. The van der Waals surface area contributed by atoms with Gasteiger partial charge < -0.3 is 9.88 Å². The highest BCUT2D eigenvalue weighted by molar-refractivity contribution is 5.79. The van der Waals surface area contributed by atoms with E-state index in [0.717, 1.165) is 11.3 Å². The third kappa shape index (κ3) is 2.69. The lowest BCUT2D eigenvalue weighted by atomic mass is 9.81. The quantitative estimate of drug-likeness (QED) is 0.831. The van der Waals surface area contributed by atoms with Crippen molar-refractivity contribution in [1.29, 1.82) is 0 Å². The predicted molar refractivity (Wildman–Crippen MR) is 72.6 cm³/mol. The van der Waals surface area contributed by atoms with E-state index in [0.29, 0.717) is 19.5 Å². The Labute approximate surface area is 113 Å². The molecule has 0 radical (unpaired) electrons. The lowest BCUT2D eigenvalue weighted by Crippen LogP contribution is -2.44. The molecule has 1 amide bonds. The number of carbonyl (C=O) groups is 1. The molecule has 5 nitrogen and oxygen atoms in total. The van der Waals surface area contributed by atoms with E-state index < -0.39 is 0 Å². The molecule has 1 aliphatic heterocycles. The van der Waals surface area contributed by atoms with Gasteiger partial charge in [-0.05, 0) is 11.8 Å². The largest absolute Gasteiger partial charge is 0.336 e. The topological polar surface area (TPSA) is 66.1 Å². The van der Waals surface area contributed by atoms with Gasteiger partial charge in [0.15, 0.2) is 0 Å². The summed E-state index contributed by atoms with van der Waals surface area (Å²) in [4.78, 5) is 32.7. The molecule has 0 saturated heterocycles. The smallest absolute Gasteiger partial charge is 0.254 e. The zero-order valence-corrected chi connectivity index (χ0v) is 12.0. The molecular formula is C14H21N3O2. The van der Waals surface area contributed by atoms with Gasteiger partial charge >= 0.3 is 0 Å². The van der Waals surface area contributed by atoms with Crippen LogP contribution in [0.25, 0.3) is 0 Å². The molecule has 0 bridgehead atoms. The predicted octanol–water partition coefficient (Wildman–Crippen LogP) is 1.34. The Morgan fingerprint density at radius 1 is 1.47 bits per heavy atom. The van der Waals surface area contributed by atoms with Gasteiger partial charge in [-0.2, -0.15) is 0 Å². The zero-order valence-electron chi connectivity index (χ0n) is 12.0. The summed E-state index contributed by atoms with van der Waals surface area (Å²) in [5, 5.41) is 0. The number of hydrogen-bond donors (Lipinski definition) is 1. The van der Waals surface area contributed by atoms with Crippen LogP contribution in [0.2, 0.25) is 0 Å². The lowest BCUT2D eigenvalue weighted by molar-refractivity contribution is -0.139. The zero-order chi connectivity index (χ0) is 14.2. The third-order valence-corrected chi connectivity index (χ3v) is 3.99. The first-order chi connectivity index (χ1) is 8.80. The summed E-state index contributed by atoms with van der Waals surface area (Å²) in [7, 11) is 0. The van der Waals surface area contributed by atoms with Gasteiger partial charge in [-0.1, -0.05) is 27.7 Å². The number of H-pyrrole nitrogens is 1. The molecule has 1 aromatic heterocycles. The molecule has 5 heteroatoms. The first-order valence-corrected chi connectivity index (χ1v) is 6.65. The van der Waals surface area contributed by atoms with Crippen LogP contribution in [0.5, 0.6) is 0 Å². The Hall–Kier alpha value is -1.65. The number of aromatic nitrogens is 2. The van der Waals surface area contributed by atoms with E-state index in [9.17, 15) is 9.59 Å². The highest BCUT2D eigenvalue weighted by atomic mass is 16.2. The average Bonchev–Trinajstić information content (AvgIpc) is 2.36. The van der Waals surface area contributed by atoms with E-state index in [-0.39, 0.29) is 22.8 Å². The molecule has 1 aliphatic rings. The average molecular weight is 263 g/mol. The van der Waals surface area contributed by atoms with Gasteiger partial charge in [-0.25, -0.2) is 4.98 Å². The van der Waals surface area contributed by atoms with Crippen LogP contribution in [0.15, 0.2) is 11.1 Å². The molecule has 0 fully saturated rings. The normalized spacial score (nSPS) is 16.9. The highest BCUT2D eigenvalue weighted by Crippen LogP contribution is 2.28. The SMILES string of the molecule is C[C@H](C(=O)N1CCc2c(nc[nH]c2=O)C1)C(C)(C)C.